The molecule has 2 aromatic carbocycles. The molecule has 0 unspecified atom stereocenters. The van der Waals surface area contributed by atoms with Gasteiger partial charge in [-0.3, -0.25) is 4.79 Å². The Kier molecular flexibility index (Phi) is 5.44. The molecule has 1 saturated carbocycles. The van der Waals surface area contributed by atoms with Crippen LogP contribution in [0, 0.1) is 18.2 Å². The third kappa shape index (κ3) is 3.52. The van der Waals surface area contributed by atoms with E-state index in [1.54, 1.807) is 25.1 Å². The lowest BCUT2D eigenvalue weighted by Crippen LogP contribution is -2.42. The van der Waals surface area contributed by atoms with E-state index in [0.29, 0.717) is 38.0 Å². The van der Waals surface area contributed by atoms with Gasteiger partial charge in [-0.25, -0.2) is 4.39 Å². The first-order valence-electron chi connectivity index (χ1n) is 11.8. The number of aryl methyl sites for hydroxylation is 1. The molecule has 0 amide bonds. The summed E-state index contributed by atoms with van der Waals surface area (Å²) in [5, 5.41) is 21.2. The van der Waals surface area contributed by atoms with E-state index in [4.69, 9.17) is 4.74 Å². The Morgan fingerprint density at radius 1 is 1.15 bits per heavy atom. The van der Waals surface area contributed by atoms with Crippen molar-refractivity contribution in [2.45, 2.75) is 57.8 Å². The van der Waals surface area contributed by atoms with Gasteiger partial charge in [0.2, 0.25) is 0 Å². The number of carboxylic acids is 1. The molecule has 33 heavy (non-hydrogen) atoms. The summed E-state index contributed by atoms with van der Waals surface area (Å²) in [4.78, 5) is 12.0. The number of aromatic nitrogens is 1. The normalized spacial score (nSPS) is 23.5. The van der Waals surface area contributed by atoms with Crippen molar-refractivity contribution in [3.8, 4) is 11.4 Å². The monoisotopic (exact) mass is 451 g/mol. The molecule has 0 bridgehead atoms. The van der Waals surface area contributed by atoms with Crippen molar-refractivity contribution in [2.75, 3.05) is 13.2 Å². The molecule has 5 nitrogen and oxygen atoms in total. The van der Waals surface area contributed by atoms with Crippen LogP contribution in [0.4, 0.5) is 4.39 Å². The zero-order chi connectivity index (χ0) is 23.3. The molecule has 0 atom stereocenters. The fraction of sp³-hybridized carbons (Fsp3) is 0.444. The standard InChI is InChI=1S/C27H30FNO4/c1-3-27(26(31)32)14-18(15-27)24-21-13-20(30)5-7-23(21)29(19-4-6-22(28)16(2)12-19)25(24)17-8-10-33-11-9-17/h4-7,12-13,17-18,30H,3,8-11,14-15H2,1-2H3,(H,31,32). The minimum absolute atomic E-state index is 0.103. The van der Waals surface area contributed by atoms with Gasteiger partial charge in [0.05, 0.1) is 10.9 Å². The lowest BCUT2D eigenvalue weighted by molar-refractivity contribution is -0.156. The number of carboxylic acid groups (broad SMARTS) is 1. The summed E-state index contributed by atoms with van der Waals surface area (Å²) in [6.07, 6.45) is 3.53. The number of halogens is 1. The Hall–Kier alpha value is -2.86. The average molecular weight is 452 g/mol. The van der Waals surface area contributed by atoms with Gasteiger partial charge in [-0.2, -0.15) is 0 Å². The highest BCUT2D eigenvalue weighted by atomic mass is 19.1. The van der Waals surface area contributed by atoms with Gasteiger partial charge < -0.3 is 19.5 Å². The van der Waals surface area contributed by atoms with Crippen LogP contribution in [0.1, 0.15) is 67.7 Å². The molecule has 2 heterocycles. The molecule has 1 aromatic heterocycles. The zero-order valence-corrected chi connectivity index (χ0v) is 19.1. The number of ether oxygens (including phenoxy) is 1. The maximum atomic E-state index is 14.1. The van der Waals surface area contributed by atoms with Gasteiger partial charge in [0.1, 0.15) is 11.6 Å². The van der Waals surface area contributed by atoms with E-state index in [0.717, 1.165) is 40.7 Å². The lowest BCUT2D eigenvalue weighted by Gasteiger charge is -2.45. The first-order chi connectivity index (χ1) is 15.8. The Morgan fingerprint density at radius 3 is 2.52 bits per heavy atom. The van der Waals surface area contributed by atoms with E-state index in [2.05, 4.69) is 4.57 Å². The largest absolute Gasteiger partial charge is 0.508 e. The van der Waals surface area contributed by atoms with Crippen molar-refractivity contribution in [2.24, 2.45) is 5.41 Å². The van der Waals surface area contributed by atoms with E-state index in [1.807, 2.05) is 19.1 Å². The highest BCUT2D eigenvalue weighted by molar-refractivity contribution is 5.90. The third-order valence-electron chi connectivity index (χ3n) is 7.85. The molecule has 2 fully saturated rings. The predicted octanol–water partition coefficient (Wildman–Crippen LogP) is 6.04. The van der Waals surface area contributed by atoms with Crippen LogP contribution in [0.15, 0.2) is 36.4 Å². The van der Waals surface area contributed by atoms with Crippen LogP contribution >= 0.6 is 0 Å². The Labute approximate surface area is 192 Å². The SMILES string of the molecule is CCC1(C(=O)O)CC(c2c(C3CCOCC3)n(-c3ccc(F)c(C)c3)c3ccc(O)cc23)C1. The van der Waals surface area contributed by atoms with Crippen molar-refractivity contribution in [1.82, 2.24) is 4.57 Å². The fourth-order valence-electron chi connectivity index (χ4n) is 5.87. The molecule has 174 valence electrons. The van der Waals surface area contributed by atoms with Crippen molar-refractivity contribution in [3.63, 3.8) is 0 Å². The molecule has 0 radical (unpaired) electrons. The van der Waals surface area contributed by atoms with Gasteiger partial charge in [0, 0.05) is 35.9 Å². The Balaban J connectivity index is 1.75. The number of aliphatic carboxylic acids is 1. The smallest absolute Gasteiger partial charge is 0.309 e. The molecule has 1 saturated heterocycles. The van der Waals surface area contributed by atoms with E-state index in [-0.39, 0.29) is 23.4 Å². The van der Waals surface area contributed by atoms with Crippen molar-refractivity contribution >= 4 is 16.9 Å². The first-order valence-corrected chi connectivity index (χ1v) is 11.8. The summed E-state index contributed by atoms with van der Waals surface area (Å²) in [7, 11) is 0. The zero-order valence-electron chi connectivity index (χ0n) is 19.1. The van der Waals surface area contributed by atoms with Gasteiger partial charge in [0.25, 0.3) is 0 Å². The van der Waals surface area contributed by atoms with Crippen LogP contribution in [0.2, 0.25) is 0 Å². The van der Waals surface area contributed by atoms with Crippen LogP contribution in [0.25, 0.3) is 16.6 Å². The second kappa shape index (κ2) is 8.17. The molecule has 1 aliphatic carbocycles. The van der Waals surface area contributed by atoms with Crippen LogP contribution < -0.4 is 0 Å². The van der Waals surface area contributed by atoms with Crippen LogP contribution in [-0.4, -0.2) is 34.0 Å². The summed E-state index contributed by atoms with van der Waals surface area (Å²) in [6, 6.07) is 10.6. The summed E-state index contributed by atoms with van der Waals surface area (Å²) < 4.78 is 22.0. The summed E-state index contributed by atoms with van der Waals surface area (Å²) in [5.74, 6) is -0.432. The van der Waals surface area contributed by atoms with Gasteiger partial charge in [-0.05, 0) is 92.5 Å². The number of nitrogens with zero attached hydrogens (tertiary/aromatic N) is 1. The van der Waals surface area contributed by atoms with Crippen molar-refractivity contribution in [3.05, 3.63) is 59.0 Å². The Morgan fingerprint density at radius 2 is 1.88 bits per heavy atom. The number of aromatic hydroxyl groups is 1. The van der Waals surface area contributed by atoms with E-state index in [1.165, 1.54) is 6.07 Å². The highest BCUT2D eigenvalue weighted by Crippen LogP contribution is 2.57. The minimum Gasteiger partial charge on any atom is -0.508 e. The highest BCUT2D eigenvalue weighted by Gasteiger charge is 2.51. The molecular weight excluding hydrogens is 421 g/mol. The van der Waals surface area contributed by atoms with Crippen molar-refractivity contribution in [1.29, 1.82) is 0 Å². The molecule has 3 aromatic rings. The number of phenolic OH excluding ortho intramolecular Hbond substituents is 1. The van der Waals surface area contributed by atoms with E-state index >= 15 is 0 Å². The van der Waals surface area contributed by atoms with Crippen LogP contribution in [0.5, 0.6) is 5.75 Å². The van der Waals surface area contributed by atoms with Gasteiger partial charge in [-0.1, -0.05) is 6.92 Å². The molecule has 6 heteroatoms. The molecular formula is C27H30FNO4. The number of hydrogen-bond donors (Lipinski definition) is 2. The molecule has 2 aliphatic rings. The van der Waals surface area contributed by atoms with Crippen LogP contribution in [-0.2, 0) is 9.53 Å². The number of hydrogen-bond acceptors (Lipinski definition) is 3. The molecule has 1 aliphatic heterocycles. The first kappa shape index (κ1) is 22.0. The maximum Gasteiger partial charge on any atom is 0.309 e. The molecule has 5 rings (SSSR count). The number of rotatable bonds is 5. The van der Waals surface area contributed by atoms with Crippen LogP contribution in [0.3, 0.4) is 0 Å². The number of phenols is 1. The average Bonchev–Trinajstić information content (AvgIpc) is 3.10. The third-order valence-corrected chi connectivity index (χ3v) is 7.85. The number of carbonyl (C=O) groups is 1. The predicted molar refractivity (Wildman–Crippen MR) is 125 cm³/mol. The molecule has 2 N–H and O–H groups in total. The van der Waals surface area contributed by atoms with Crippen molar-refractivity contribution < 1.29 is 24.1 Å². The van der Waals surface area contributed by atoms with E-state index in [9.17, 15) is 19.4 Å². The summed E-state index contributed by atoms with van der Waals surface area (Å²) in [5.41, 5.74) is 4.03. The molecule has 0 spiro atoms. The topological polar surface area (TPSA) is 71.7 Å². The lowest BCUT2D eigenvalue weighted by atomic mass is 9.58. The van der Waals surface area contributed by atoms with E-state index < -0.39 is 11.4 Å². The number of fused-ring (bicyclic) bond motifs is 1. The van der Waals surface area contributed by atoms with Gasteiger partial charge in [-0.15, -0.1) is 0 Å². The minimum atomic E-state index is -0.727. The number of benzene rings is 2. The maximum absolute atomic E-state index is 14.1. The van der Waals surface area contributed by atoms with Gasteiger partial charge >= 0.3 is 5.97 Å². The van der Waals surface area contributed by atoms with Gasteiger partial charge in [0.15, 0.2) is 0 Å². The second-order valence-corrected chi connectivity index (χ2v) is 9.70. The fourth-order valence-corrected chi connectivity index (χ4v) is 5.87. The Bertz CT molecular complexity index is 1220. The quantitative estimate of drug-likeness (QED) is 0.496. The second-order valence-electron chi connectivity index (χ2n) is 9.70. The summed E-state index contributed by atoms with van der Waals surface area (Å²) in [6.45, 7) is 5.07. The summed E-state index contributed by atoms with van der Waals surface area (Å²) >= 11 is 0.